The summed E-state index contributed by atoms with van der Waals surface area (Å²) < 4.78 is 11.0. The summed E-state index contributed by atoms with van der Waals surface area (Å²) in [4.78, 5) is 23.2. The van der Waals surface area contributed by atoms with Gasteiger partial charge in [-0.2, -0.15) is 4.98 Å². The zero-order valence-corrected chi connectivity index (χ0v) is 15.4. The van der Waals surface area contributed by atoms with Crippen molar-refractivity contribution in [1.82, 2.24) is 25.3 Å². The molecule has 1 aliphatic rings. The van der Waals surface area contributed by atoms with E-state index in [1.165, 1.54) is 0 Å². The van der Waals surface area contributed by atoms with Crippen molar-refractivity contribution >= 4 is 17.1 Å². The lowest BCUT2D eigenvalue weighted by Crippen LogP contribution is -2.45. The Morgan fingerprint density at radius 2 is 2.22 bits per heavy atom. The molecule has 27 heavy (non-hydrogen) atoms. The zero-order chi connectivity index (χ0) is 18.6. The van der Waals surface area contributed by atoms with Gasteiger partial charge < -0.3 is 19.2 Å². The molecule has 0 radical (unpaired) electrons. The Bertz CT molecular complexity index is 886. The summed E-state index contributed by atoms with van der Waals surface area (Å²) in [5.41, 5.74) is 1.65. The van der Waals surface area contributed by atoms with E-state index in [1.54, 1.807) is 0 Å². The molecular formula is C19H23N5O3. The smallest absolute Gasteiger partial charge is 0.317 e. The number of fused-ring (bicyclic) bond motifs is 1. The Morgan fingerprint density at radius 3 is 3.04 bits per heavy atom. The number of hydrogen-bond donors (Lipinski definition) is 1. The molecule has 4 rings (SSSR count). The molecule has 0 spiro atoms. The van der Waals surface area contributed by atoms with Gasteiger partial charge in [0, 0.05) is 32.5 Å². The Hall–Kier alpha value is -2.90. The molecule has 1 saturated heterocycles. The van der Waals surface area contributed by atoms with Crippen LogP contribution in [0.2, 0.25) is 0 Å². The third kappa shape index (κ3) is 3.94. The van der Waals surface area contributed by atoms with Crippen molar-refractivity contribution < 1.29 is 13.7 Å². The lowest BCUT2D eigenvalue weighted by atomic mass is 9.98. The number of rotatable bonds is 5. The number of carbonyl (C=O) groups excluding carboxylic acids is 1. The van der Waals surface area contributed by atoms with Crippen LogP contribution in [0.25, 0.3) is 11.1 Å². The summed E-state index contributed by atoms with van der Waals surface area (Å²) in [7, 11) is 0. The molecule has 3 heterocycles. The van der Waals surface area contributed by atoms with Gasteiger partial charge in [-0.3, -0.25) is 0 Å². The van der Waals surface area contributed by atoms with Crippen LogP contribution in [-0.2, 0) is 12.8 Å². The monoisotopic (exact) mass is 369 g/mol. The lowest BCUT2D eigenvalue weighted by Gasteiger charge is -2.31. The molecule has 0 bridgehead atoms. The molecule has 2 amide bonds. The number of oxazole rings is 1. The molecule has 0 unspecified atom stereocenters. The highest BCUT2D eigenvalue weighted by Crippen LogP contribution is 2.28. The van der Waals surface area contributed by atoms with Crippen LogP contribution in [0.1, 0.15) is 43.3 Å². The number of aromatic nitrogens is 3. The van der Waals surface area contributed by atoms with Gasteiger partial charge in [0.15, 0.2) is 17.3 Å². The predicted octanol–water partition coefficient (Wildman–Crippen LogP) is 2.90. The first-order chi connectivity index (χ1) is 13.2. The average Bonchev–Trinajstić information content (AvgIpc) is 3.34. The van der Waals surface area contributed by atoms with Crippen LogP contribution in [-0.4, -0.2) is 45.7 Å². The van der Waals surface area contributed by atoms with E-state index in [-0.39, 0.29) is 11.9 Å². The summed E-state index contributed by atoms with van der Waals surface area (Å²) in [6.45, 7) is 3.79. The molecule has 1 N–H and O–H groups in total. The molecule has 1 aliphatic heterocycles. The molecule has 142 valence electrons. The number of nitrogens with one attached hydrogen (secondary N) is 1. The highest BCUT2D eigenvalue weighted by molar-refractivity contribution is 5.74. The van der Waals surface area contributed by atoms with Crippen LogP contribution in [0.5, 0.6) is 0 Å². The number of carbonyl (C=O) groups is 1. The van der Waals surface area contributed by atoms with E-state index >= 15 is 0 Å². The van der Waals surface area contributed by atoms with Crippen molar-refractivity contribution in [3.8, 4) is 0 Å². The summed E-state index contributed by atoms with van der Waals surface area (Å²) in [5, 5.41) is 6.84. The van der Waals surface area contributed by atoms with Gasteiger partial charge in [-0.15, -0.1) is 0 Å². The van der Waals surface area contributed by atoms with E-state index in [0.29, 0.717) is 43.5 Å². The van der Waals surface area contributed by atoms with Gasteiger partial charge in [-0.05, 0) is 25.0 Å². The van der Waals surface area contributed by atoms with Crippen LogP contribution in [0, 0.1) is 0 Å². The van der Waals surface area contributed by atoms with Crippen molar-refractivity contribution in [3.05, 3.63) is 41.9 Å². The minimum absolute atomic E-state index is 0.0741. The maximum atomic E-state index is 12.5. The fourth-order valence-corrected chi connectivity index (χ4v) is 3.36. The van der Waals surface area contributed by atoms with Gasteiger partial charge in [0.2, 0.25) is 5.89 Å². The van der Waals surface area contributed by atoms with Gasteiger partial charge in [-0.25, -0.2) is 9.78 Å². The molecular weight excluding hydrogens is 346 g/mol. The van der Waals surface area contributed by atoms with E-state index in [2.05, 4.69) is 20.4 Å². The fraction of sp³-hybridized carbons (Fsp3) is 0.474. The summed E-state index contributed by atoms with van der Waals surface area (Å²) in [5.74, 6) is 2.08. The fourth-order valence-electron chi connectivity index (χ4n) is 3.36. The molecule has 3 aromatic rings. The van der Waals surface area contributed by atoms with E-state index < -0.39 is 0 Å². The maximum Gasteiger partial charge on any atom is 0.317 e. The second-order valence-electron chi connectivity index (χ2n) is 6.74. The average molecular weight is 369 g/mol. The molecule has 2 aromatic heterocycles. The minimum Gasteiger partial charge on any atom is -0.440 e. The summed E-state index contributed by atoms with van der Waals surface area (Å²) in [6, 6.07) is 7.67. The lowest BCUT2D eigenvalue weighted by molar-refractivity contribution is 0.175. The van der Waals surface area contributed by atoms with Crippen LogP contribution < -0.4 is 5.32 Å². The Labute approximate surface area is 156 Å². The van der Waals surface area contributed by atoms with Crippen molar-refractivity contribution in [2.75, 3.05) is 19.6 Å². The number of hydrogen-bond acceptors (Lipinski definition) is 6. The van der Waals surface area contributed by atoms with Crippen molar-refractivity contribution in [2.45, 2.75) is 38.5 Å². The van der Waals surface area contributed by atoms with E-state index in [0.717, 1.165) is 30.5 Å². The quantitative estimate of drug-likeness (QED) is 0.743. The van der Waals surface area contributed by atoms with Crippen LogP contribution >= 0.6 is 0 Å². The molecule has 0 aliphatic carbocycles. The van der Waals surface area contributed by atoms with Gasteiger partial charge in [0.25, 0.3) is 0 Å². The molecule has 8 heteroatoms. The first-order valence-electron chi connectivity index (χ1n) is 9.42. The normalized spacial score (nSPS) is 17.4. The molecule has 1 atom stereocenters. The summed E-state index contributed by atoms with van der Waals surface area (Å²) in [6.07, 6.45) is 3.17. The van der Waals surface area contributed by atoms with Crippen LogP contribution in [0.15, 0.2) is 33.2 Å². The minimum atomic E-state index is -0.0741. The Balaban J connectivity index is 1.32. The van der Waals surface area contributed by atoms with Crippen molar-refractivity contribution in [1.29, 1.82) is 0 Å². The van der Waals surface area contributed by atoms with E-state index in [1.807, 2.05) is 36.1 Å². The molecule has 8 nitrogen and oxygen atoms in total. The third-order valence-corrected chi connectivity index (χ3v) is 4.81. The van der Waals surface area contributed by atoms with Gasteiger partial charge in [0.1, 0.15) is 5.52 Å². The second kappa shape index (κ2) is 7.77. The predicted molar refractivity (Wildman–Crippen MR) is 98.3 cm³/mol. The number of para-hydroxylation sites is 2. The molecule has 1 fully saturated rings. The first-order valence-corrected chi connectivity index (χ1v) is 9.42. The van der Waals surface area contributed by atoms with Crippen molar-refractivity contribution in [3.63, 3.8) is 0 Å². The highest BCUT2D eigenvalue weighted by atomic mass is 16.5. The number of nitrogens with zero attached hydrogens (tertiary/aromatic N) is 4. The van der Waals surface area contributed by atoms with E-state index in [4.69, 9.17) is 8.94 Å². The standard InChI is InChI=1S/C19H23N5O3/c1-2-17-22-16(23-27-17)9-10-20-19(25)24-11-5-6-13(12-24)18-21-14-7-3-4-8-15(14)26-18/h3-4,7-8,13H,2,5-6,9-12H2,1H3,(H,20,25)/t13-/m1/s1. The maximum absolute atomic E-state index is 12.5. The first kappa shape index (κ1) is 17.5. The highest BCUT2D eigenvalue weighted by Gasteiger charge is 2.28. The van der Waals surface area contributed by atoms with Gasteiger partial charge in [-0.1, -0.05) is 24.2 Å². The number of urea groups is 1. The molecule has 1 aromatic carbocycles. The largest absolute Gasteiger partial charge is 0.440 e. The Morgan fingerprint density at radius 1 is 1.33 bits per heavy atom. The topological polar surface area (TPSA) is 97.3 Å². The van der Waals surface area contributed by atoms with Gasteiger partial charge in [0.05, 0.1) is 5.92 Å². The summed E-state index contributed by atoms with van der Waals surface area (Å²) >= 11 is 0. The number of amides is 2. The van der Waals surface area contributed by atoms with E-state index in [9.17, 15) is 4.79 Å². The second-order valence-corrected chi connectivity index (χ2v) is 6.74. The molecule has 0 saturated carbocycles. The Kier molecular flexibility index (Phi) is 5.04. The number of aryl methyl sites for hydroxylation is 1. The third-order valence-electron chi connectivity index (χ3n) is 4.81. The van der Waals surface area contributed by atoms with Crippen LogP contribution in [0.4, 0.5) is 4.79 Å². The zero-order valence-electron chi connectivity index (χ0n) is 15.4. The number of likely N-dealkylation sites (tertiary alicyclic amines) is 1. The number of piperidine rings is 1. The van der Waals surface area contributed by atoms with Gasteiger partial charge >= 0.3 is 6.03 Å². The number of benzene rings is 1. The van der Waals surface area contributed by atoms with Crippen molar-refractivity contribution in [2.24, 2.45) is 0 Å². The van der Waals surface area contributed by atoms with Crippen LogP contribution in [0.3, 0.4) is 0 Å². The SMILES string of the molecule is CCc1nc(CCNC(=O)N2CCC[C@@H](c3nc4ccccc4o3)C2)no1.